The van der Waals surface area contributed by atoms with E-state index >= 15 is 0 Å². The largest absolute Gasteiger partial charge is 0.394 e. The molecule has 1 aliphatic rings. The molecule has 1 saturated heterocycles. The second-order valence-electron chi connectivity index (χ2n) is 5.79. The third kappa shape index (κ3) is 8.96. The van der Waals surface area contributed by atoms with Crippen molar-refractivity contribution in [2.75, 3.05) is 52.9 Å². The molecule has 27 heavy (non-hydrogen) atoms. The van der Waals surface area contributed by atoms with Crippen LogP contribution >= 0.6 is 0 Å². The molecule has 0 aromatic rings. The third-order valence-electron chi connectivity index (χ3n) is 3.69. The lowest BCUT2D eigenvalue weighted by molar-refractivity contribution is -0.272. The zero-order valence-electron chi connectivity index (χ0n) is 15.4. The Hall–Kier alpha value is -1.29. The lowest BCUT2D eigenvalue weighted by Gasteiger charge is -2.42. The van der Waals surface area contributed by atoms with Crippen LogP contribution in [-0.4, -0.2) is 105 Å². The molecule has 1 rings (SSSR count). The number of aliphatic hydroxyl groups is 3. The van der Waals surface area contributed by atoms with Gasteiger partial charge in [0, 0.05) is 6.92 Å². The Labute approximate surface area is 158 Å². The maximum Gasteiger partial charge on any atom is 0.217 e. The van der Waals surface area contributed by atoms with Crippen molar-refractivity contribution in [1.29, 1.82) is 0 Å². The first-order chi connectivity index (χ1) is 13.0. The van der Waals surface area contributed by atoms with Crippen molar-refractivity contribution in [3.8, 4) is 12.3 Å². The van der Waals surface area contributed by atoms with E-state index in [-0.39, 0.29) is 19.8 Å². The summed E-state index contributed by atoms with van der Waals surface area (Å²) in [5.74, 6) is 1.94. The van der Waals surface area contributed by atoms with Crippen LogP contribution in [0.5, 0.6) is 0 Å². The molecule has 1 heterocycles. The van der Waals surface area contributed by atoms with Crippen molar-refractivity contribution in [3.63, 3.8) is 0 Å². The molecule has 0 saturated carbocycles. The molecule has 0 aromatic heterocycles. The molecule has 0 unspecified atom stereocenters. The Morgan fingerprint density at radius 3 is 2.22 bits per heavy atom. The first-order valence-electron chi connectivity index (χ1n) is 8.69. The molecule has 1 aliphatic heterocycles. The molecule has 0 bridgehead atoms. The van der Waals surface area contributed by atoms with Crippen LogP contribution in [0.25, 0.3) is 0 Å². The Bertz CT molecular complexity index is 456. The fourth-order valence-corrected chi connectivity index (χ4v) is 2.41. The maximum absolute atomic E-state index is 11.3. The highest BCUT2D eigenvalue weighted by atomic mass is 16.7. The van der Waals surface area contributed by atoms with Crippen molar-refractivity contribution in [1.82, 2.24) is 5.32 Å². The molecule has 0 radical (unpaired) electrons. The lowest BCUT2D eigenvalue weighted by Crippen LogP contribution is -2.64. The first kappa shape index (κ1) is 23.7. The number of carbonyl (C=O) groups is 1. The Morgan fingerprint density at radius 1 is 1.07 bits per heavy atom. The highest BCUT2D eigenvalue weighted by Crippen LogP contribution is 2.22. The summed E-state index contributed by atoms with van der Waals surface area (Å²) in [7, 11) is 0. The van der Waals surface area contributed by atoms with E-state index < -0.39 is 43.2 Å². The van der Waals surface area contributed by atoms with E-state index in [1.807, 2.05) is 0 Å². The minimum absolute atomic E-state index is 0.118. The van der Waals surface area contributed by atoms with E-state index in [1.165, 1.54) is 6.92 Å². The van der Waals surface area contributed by atoms with E-state index in [1.54, 1.807) is 0 Å². The van der Waals surface area contributed by atoms with Crippen molar-refractivity contribution in [2.45, 2.75) is 37.6 Å². The number of hydrogen-bond donors (Lipinski definition) is 4. The van der Waals surface area contributed by atoms with E-state index in [2.05, 4.69) is 11.2 Å². The summed E-state index contributed by atoms with van der Waals surface area (Å²) in [4.78, 5) is 11.3. The van der Waals surface area contributed by atoms with Crippen LogP contribution < -0.4 is 5.32 Å². The number of carbonyl (C=O) groups excluding carboxylic acids is 1. The molecule has 1 amide bonds. The zero-order valence-corrected chi connectivity index (χ0v) is 15.4. The Kier molecular flexibility index (Phi) is 12.2. The van der Waals surface area contributed by atoms with Gasteiger partial charge in [0.05, 0.1) is 46.2 Å². The molecule has 0 aliphatic carbocycles. The summed E-state index contributed by atoms with van der Waals surface area (Å²) in [6.45, 7) is 2.93. The number of nitrogens with one attached hydrogen (secondary N) is 1. The van der Waals surface area contributed by atoms with Crippen LogP contribution in [0.3, 0.4) is 0 Å². The molecule has 0 aromatic carbocycles. The van der Waals surface area contributed by atoms with Gasteiger partial charge in [0.1, 0.15) is 31.0 Å². The maximum atomic E-state index is 11.3. The predicted molar refractivity (Wildman–Crippen MR) is 92.6 cm³/mol. The second kappa shape index (κ2) is 13.8. The summed E-state index contributed by atoms with van der Waals surface area (Å²) in [5.41, 5.74) is 0. The second-order valence-corrected chi connectivity index (χ2v) is 5.79. The molecule has 0 spiro atoms. The van der Waals surface area contributed by atoms with Crippen molar-refractivity contribution >= 4 is 5.91 Å². The molecular formula is C17H29NO9. The average molecular weight is 391 g/mol. The third-order valence-corrected chi connectivity index (χ3v) is 3.69. The summed E-state index contributed by atoms with van der Waals surface area (Å²) >= 11 is 0. The summed E-state index contributed by atoms with van der Waals surface area (Å²) in [5, 5.41) is 31.7. The van der Waals surface area contributed by atoms with Crippen LogP contribution in [0.4, 0.5) is 0 Å². The summed E-state index contributed by atoms with van der Waals surface area (Å²) in [6.07, 6.45) is 0.315. The highest BCUT2D eigenvalue weighted by molar-refractivity contribution is 5.73. The minimum atomic E-state index is -1.34. The van der Waals surface area contributed by atoms with E-state index in [0.717, 1.165) is 0 Å². The number of hydrogen-bond acceptors (Lipinski definition) is 9. The zero-order chi connectivity index (χ0) is 20.1. The number of rotatable bonds is 13. The first-order valence-corrected chi connectivity index (χ1v) is 8.69. The monoisotopic (exact) mass is 391 g/mol. The number of ether oxygens (including phenoxy) is 5. The fraction of sp³-hybridized carbons (Fsp3) is 0.824. The van der Waals surface area contributed by atoms with Gasteiger partial charge < -0.3 is 44.3 Å². The standard InChI is InChI=1S/C17H29NO9/c1-3-4-23-5-6-24-7-8-25-9-10-26-17-14(18-12(2)20)16(22)15(21)13(11-19)27-17/h1,13-17,19,21-22H,4-11H2,2H3,(H,18,20)/t13-,14-,15+,16+,17+/m0/s1. The number of aliphatic hydroxyl groups excluding tert-OH is 3. The highest BCUT2D eigenvalue weighted by Gasteiger charge is 2.45. The van der Waals surface area contributed by atoms with Crippen molar-refractivity contribution < 1.29 is 43.8 Å². The molecule has 156 valence electrons. The van der Waals surface area contributed by atoms with Crippen LogP contribution in [0.15, 0.2) is 0 Å². The summed E-state index contributed by atoms with van der Waals surface area (Å²) in [6, 6.07) is -0.966. The molecule has 4 N–H and O–H groups in total. The van der Waals surface area contributed by atoms with Crippen molar-refractivity contribution in [3.05, 3.63) is 0 Å². The molecule has 10 heteroatoms. The molecule has 5 atom stereocenters. The molecule has 10 nitrogen and oxygen atoms in total. The van der Waals surface area contributed by atoms with Gasteiger partial charge in [0.25, 0.3) is 0 Å². The van der Waals surface area contributed by atoms with Gasteiger partial charge in [-0.2, -0.15) is 0 Å². The summed E-state index contributed by atoms with van der Waals surface area (Å²) < 4.78 is 26.6. The number of terminal acetylenes is 1. The normalized spacial score (nSPS) is 27.9. The topological polar surface area (TPSA) is 136 Å². The SMILES string of the molecule is C#CCOCCOCCOCCO[C@@H]1O[C@@H](CO)[C@@H](O)[C@H](O)[C@@H]1NC(C)=O. The van der Waals surface area contributed by atoms with Gasteiger partial charge in [0.2, 0.25) is 5.91 Å². The lowest BCUT2D eigenvalue weighted by atomic mass is 9.97. The van der Waals surface area contributed by atoms with Gasteiger partial charge >= 0.3 is 0 Å². The van der Waals surface area contributed by atoms with Gasteiger partial charge in [-0.15, -0.1) is 6.42 Å². The minimum Gasteiger partial charge on any atom is -0.394 e. The van der Waals surface area contributed by atoms with Crippen molar-refractivity contribution in [2.24, 2.45) is 0 Å². The fourth-order valence-electron chi connectivity index (χ4n) is 2.41. The number of amides is 1. The van der Waals surface area contributed by atoms with Gasteiger partial charge in [-0.05, 0) is 0 Å². The van der Waals surface area contributed by atoms with E-state index in [9.17, 15) is 20.1 Å². The van der Waals surface area contributed by atoms with Gasteiger partial charge in [-0.1, -0.05) is 5.92 Å². The molecular weight excluding hydrogens is 362 g/mol. The predicted octanol–water partition coefficient (Wildman–Crippen LogP) is -2.37. The Morgan fingerprint density at radius 2 is 1.67 bits per heavy atom. The van der Waals surface area contributed by atoms with Crippen LogP contribution in [0, 0.1) is 12.3 Å². The van der Waals surface area contributed by atoms with E-state index in [0.29, 0.717) is 26.4 Å². The Balaban J connectivity index is 2.24. The van der Waals surface area contributed by atoms with Crippen LogP contribution in [-0.2, 0) is 28.5 Å². The average Bonchev–Trinajstić information content (AvgIpc) is 2.64. The van der Waals surface area contributed by atoms with Crippen LogP contribution in [0.2, 0.25) is 0 Å². The smallest absolute Gasteiger partial charge is 0.217 e. The van der Waals surface area contributed by atoms with E-state index in [4.69, 9.17) is 30.1 Å². The van der Waals surface area contributed by atoms with Gasteiger partial charge in [0.15, 0.2) is 6.29 Å². The molecule has 1 fully saturated rings. The quantitative estimate of drug-likeness (QED) is 0.201. The van der Waals surface area contributed by atoms with Gasteiger partial charge in [-0.25, -0.2) is 0 Å². The van der Waals surface area contributed by atoms with Gasteiger partial charge in [-0.3, -0.25) is 4.79 Å². The van der Waals surface area contributed by atoms with Crippen LogP contribution in [0.1, 0.15) is 6.92 Å².